The fourth-order valence-electron chi connectivity index (χ4n) is 4.57. The maximum atomic E-state index is 13.0. The molecule has 0 aromatic rings. The van der Waals surface area contributed by atoms with Crippen molar-refractivity contribution < 1.29 is 9.53 Å². The summed E-state index contributed by atoms with van der Waals surface area (Å²) >= 11 is 0. The van der Waals surface area contributed by atoms with Crippen molar-refractivity contribution in [3.05, 3.63) is 0 Å². The van der Waals surface area contributed by atoms with E-state index in [0.717, 1.165) is 64.8 Å². The third-order valence-electron chi connectivity index (χ3n) is 6.21. The summed E-state index contributed by atoms with van der Waals surface area (Å²) in [5.41, 5.74) is 0. The van der Waals surface area contributed by atoms with Gasteiger partial charge in [0.1, 0.15) is 0 Å². The third kappa shape index (κ3) is 6.83. The standard InChI is InChI=1S/C19H35N3O2.2ClH/c1-16(17-5-7-20-8-6-17)14-19(23)22-9-3-2-4-18(22)15-21-10-12-24-13-11-21;;/h16-18,20H,2-15H2,1H3;2*1H. The Kier molecular flexibility index (Phi) is 11.4. The molecule has 5 nitrogen and oxygen atoms in total. The molecule has 3 fully saturated rings. The highest BCUT2D eigenvalue weighted by molar-refractivity contribution is 5.85. The number of hydrogen-bond acceptors (Lipinski definition) is 4. The number of piperidine rings is 2. The summed E-state index contributed by atoms with van der Waals surface area (Å²) in [6.45, 7) is 10.2. The topological polar surface area (TPSA) is 44.8 Å². The number of carbonyl (C=O) groups is 1. The zero-order valence-corrected chi connectivity index (χ0v) is 17.8. The zero-order chi connectivity index (χ0) is 16.8. The SMILES string of the molecule is CC(CC(=O)N1CCCCC1CN1CCOCC1)C1CCNCC1.Cl.Cl. The summed E-state index contributed by atoms with van der Waals surface area (Å²) in [6.07, 6.45) is 6.81. The van der Waals surface area contributed by atoms with Crippen molar-refractivity contribution in [3.63, 3.8) is 0 Å². The van der Waals surface area contributed by atoms with Gasteiger partial charge in [0, 0.05) is 38.6 Å². The molecule has 2 unspecified atom stereocenters. The maximum absolute atomic E-state index is 13.0. The van der Waals surface area contributed by atoms with Crippen LogP contribution >= 0.6 is 24.8 Å². The van der Waals surface area contributed by atoms with E-state index >= 15 is 0 Å². The average Bonchev–Trinajstić information content (AvgIpc) is 2.63. The molecule has 3 heterocycles. The highest BCUT2D eigenvalue weighted by Gasteiger charge is 2.31. The van der Waals surface area contributed by atoms with Gasteiger partial charge < -0.3 is 15.0 Å². The van der Waals surface area contributed by atoms with Gasteiger partial charge in [0.25, 0.3) is 0 Å². The second-order valence-corrected chi connectivity index (χ2v) is 7.92. The van der Waals surface area contributed by atoms with E-state index < -0.39 is 0 Å². The van der Waals surface area contributed by atoms with E-state index in [9.17, 15) is 4.79 Å². The number of halogens is 2. The van der Waals surface area contributed by atoms with Gasteiger partial charge in [-0.1, -0.05) is 6.92 Å². The van der Waals surface area contributed by atoms with Crippen molar-refractivity contribution in [2.75, 3.05) is 52.5 Å². The summed E-state index contributed by atoms with van der Waals surface area (Å²) < 4.78 is 5.46. The number of likely N-dealkylation sites (tertiary alicyclic amines) is 1. The van der Waals surface area contributed by atoms with Crippen LogP contribution in [0.15, 0.2) is 0 Å². The summed E-state index contributed by atoms with van der Waals surface area (Å²) in [7, 11) is 0. The molecule has 0 aromatic heterocycles. The molecule has 0 saturated carbocycles. The molecule has 0 bridgehead atoms. The Morgan fingerprint density at radius 1 is 1.08 bits per heavy atom. The molecule has 1 amide bonds. The molecular weight excluding hydrogens is 373 g/mol. The largest absolute Gasteiger partial charge is 0.379 e. The number of ether oxygens (including phenoxy) is 1. The second-order valence-electron chi connectivity index (χ2n) is 7.92. The van der Waals surface area contributed by atoms with Crippen LogP contribution in [0.4, 0.5) is 0 Å². The van der Waals surface area contributed by atoms with Gasteiger partial charge in [0.05, 0.1) is 13.2 Å². The first-order valence-electron chi connectivity index (χ1n) is 10.0. The van der Waals surface area contributed by atoms with Gasteiger partial charge in [-0.05, 0) is 57.0 Å². The van der Waals surface area contributed by atoms with Gasteiger partial charge in [-0.15, -0.1) is 24.8 Å². The molecule has 154 valence electrons. The van der Waals surface area contributed by atoms with Crippen molar-refractivity contribution in [1.82, 2.24) is 15.1 Å². The van der Waals surface area contributed by atoms with Crippen LogP contribution < -0.4 is 5.32 Å². The fraction of sp³-hybridized carbons (Fsp3) is 0.947. The van der Waals surface area contributed by atoms with Crippen LogP contribution in [0.25, 0.3) is 0 Å². The molecule has 3 aliphatic rings. The minimum atomic E-state index is 0. The van der Waals surface area contributed by atoms with Gasteiger partial charge in [0.2, 0.25) is 5.91 Å². The van der Waals surface area contributed by atoms with Crippen LogP contribution in [-0.4, -0.2) is 74.2 Å². The minimum Gasteiger partial charge on any atom is -0.379 e. The quantitative estimate of drug-likeness (QED) is 0.757. The molecular formula is C19H37Cl2N3O2. The summed E-state index contributed by atoms with van der Waals surface area (Å²) in [5.74, 6) is 1.64. The fourth-order valence-corrected chi connectivity index (χ4v) is 4.57. The first kappa shape index (κ1) is 24.0. The lowest BCUT2D eigenvalue weighted by Crippen LogP contribution is -2.51. The lowest BCUT2D eigenvalue weighted by atomic mass is 9.83. The molecule has 0 aliphatic carbocycles. The lowest BCUT2D eigenvalue weighted by molar-refractivity contribution is -0.137. The first-order chi connectivity index (χ1) is 11.7. The number of carbonyl (C=O) groups excluding carboxylic acids is 1. The molecule has 3 rings (SSSR count). The van der Waals surface area contributed by atoms with Crippen LogP contribution in [0.3, 0.4) is 0 Å². The van der Waals surface area contributed by atoms with Crippen LogP contribution in [0, 0.1) is 11.8 Å². The zero-order valence-electron chi connectivity index (χ0n) is 16.2. The van der Waals surface area contributed by atoms with Gasteiger partial charge in [-0.2, -0.15) is 0 Å². The van der Waals surface area contributed by atoms with E-state index in [4.69, 9.17) is 4.74 Å². The summed E-state index contributed by atoms with van der Waals surface area (Å²) in [5, 5.41) is 3.43. The number of hydrogen-bond donors (Lipinski definition) is 1. The van der Waals surface area contributed by atoms with E-state index in [-0.39, 0.29) is 24.8 Å². The van der Waals surface area contributed by atoms with Crippen LogP contribution in [-0.2, 0) is 9.53 Å². The molecule has 7 heteroatoms. The van der Waals surface area contributed by atoms with Crippen LogP contribution in [0.5, 0.6) is 0 Å². The Balaban J connectivity index is 0.00000169. The third-order valence-corrected chi connectivity index (χ3v) is 6.21. The van der Waals surface area contributed by atoms with Crippen molar-refractivity contribution in [2.45, 2.75) is 51.5 Å². The predicted molar refractivity (Wildman–Crippen MR) is 110 cm³/mol. The van der Waals surface area contributed by atoms with E-state index in [0.29, 0.717) is 17.9 Å². The number of amides is 1. The van der Waals surface area contributed by atoms with Crippen molar-refractivity contribution in [1.29, 1.82) is 0 Å². The number of nitrogens with one attached hydrogen (secondary N) is 1. The first-order valence-corrected chi connectivity index (χ1v) is 10.0. The van der Waals surface area contributed by atoms with E-state index in [1.165, 1.54) is 32.1 Å². The Labute approximate surface area is 171 Å². The summed E-state index contributed by atoms with van der Waals surface area (Å²) in [6, 6.07) is 0.421. The average molecular weight is 410 g/mol. The molecule has 1 N–H and O–H groups in total. The predicted octanol–water partition coefficient (Wildman–Crippen LogP) is 2.57. The minimum absolute atomic E-state index is 0. The molecule has 3 saturated heterocycles. The highest BCUT2D eigenvalue weighted by Crippen LogP contribution is 2.27. The Hall–Kier alpha value is -0.0700. The van der Waals surface area contributed by atoms with Gasteiger partial charge in [0.15, 0.2) is 0 Å². The number of nitrogens with zero attached hydrogens (tertiary/aromatic N) is 2. The van der Waals surface area contributed by atoms with E-state index in [2.05, 4.69) is 22.0 Å². The van der Waals surface area contributed by atoms with Gasteiger partial charge in [-0.3, -0.25) is 9.69 Å². The molecule has 26 heavy (non-hydrogen) atoms. The number of morpholine rings is 1. The Bertz CT molecular complexity index is 402. The Morgan fingerprint density at radius 3 is 2.46 bits per heavy atom. The van der Waals surface area contributed by atoms with Gasteiger partial charge in [-0.25, -0.2) is 0 Å². The van der Waals surface area contributed by atoms with Crippen LogP contribution in [0.1, 0.15) is 45.4 Å². The Morgan fingerprint density at radius 2 is 1.77 bits per heavy atom. The lowest BCUT2D eigenvalue weighted by Gasteiger charge is -2.40. The van der Waals surface area contributed by atoms with E-state index in [1.54, 1.807) is 0 Å². The molecule has 3 aliphatic heterocycles. The number of rotatable bonds is 5. The summed E-state index contributed by atoms with van der Waals surface area (Å²) in [4.78, 5) is 17.7. The van der Waals surface area contributed by atoms with Crippen molar-refractivity contribution in [2.24, 2.45) is 11.8 Å². The second kappa shape index (κ2) is 12.4. The normalized spacial score (nSPS) is 26.5. The highest BCUT2D eigenvalue weighted by atomic mass is 35.5. The molecule has 0 spiro atoms. The smallest absolute Gasteiger partial charge is 0.223 e. The monoisotopic (exact) mass is 409 g/mol. The van der Waals surface area contributed by atoms with Crippen LogP contribution in [0.2, 0.25) is 0 Å². The van der Waals surface area contributed by atoms with Crippen molar-refractivity contribution >= 4 is 30.7 Å². The maximum Gasteiger partial charge on any atom is 0.223 e. The van der Waals surface area contributed by atoms with E-state index in [1.807, 2.05) is 0 Å². The van der Waals surface area contributed by atoms with Gasteiger partial charge >= 0.3 is 0 Å². The molecule has 2 atom stereocenters. The van der Waals surface area contributed by atoms with Crippen molar-refractivity contribution in [3.8, 4) is 0 Å². The molecule has 0 radical (unpaired) electrons. The molecule has 0 aromatic carbocycles.